The third-order valence-corrected chi connectivity index (χ3v) is 3.41. The lowest BCUT2D eigenvalue weighted by atomic mass is 9.99. The van der Waals surface area contributed by atoms with Crippen LogP contribution in [0.3, 0.4) is 0 Å². The van der Waals surface area contributed by atoms with Crippen molar-refractivity contribution in [3.05, 3.63) is 35.4 Å². The molecular formula is C16H25NO. The largest absolute Gasteiger partial charge is 0.352 e. The maximum Gasteiger partial charge on any atom is 0.251 e. The lowest BCUT2D eigenvalue weighted by Gasteiger charge is -2.15. The molecule has 0 fully saturated rings. The first-order valence-corrected chi connectivity index (χ1v) is 7.02. The monoisotopic (exact) mass is 247 g/mol. The molecule has 0 saturated heterocycles. The second-order valence-electron chi connectivity index (χ2n) is 4.99. The minimum atomic E-state index is 0.0462. The van der Waals surface area contributed by atoms with E-state index in [1.54, 1.807) is 0 Å². The van der Waals surface area contributed by atoms with Gasteiger partial charge < -0.3 is 5.32 Å². The van der Waals surface area contributed by atoms with Crippen molar-refractivity contribution in [2.24, 2.45) is 5.92 Å². The van der Waals surface area contributed by atoms with Gasteiger partial charge >= 0.3 is 0 Å². The molecule has 18 heavy (non-hydrogen) atoms. The molecule has 100 valence electrons. The molecule has 1 aromatic rings. The molecular weight excluding hydrogens is 222 g/mol. The van der Waals surface area contributed by atoms with Crippen molar-refractivity contribution in [2.45, 2.75) is 46.5 Å². The average molecular weight is 247 g/mol. The molecule has 2 heteroatoms. The van der Waals surface area contributed by atoms with Crippen LogP contribution < -0.4 is 5.32 Å². The molecule has 1 N–H and O–H groups in total. The Morgan fingerprint density at radius 1 is 1.22 bits per heavy atom. The highest BCUT2D eigenvalue weighted by molar-refractivity contribution is 5.94. The van der Waals surface area contributed by atoms with E-state index >= 15 is 0 Å². The van der Waals surface area contributed by atoms with Gasteiger partial charge in [-0.05, 0) is 31.4 Å². The van der Waals surface area contributed by atoms with E-state index in [4.69, 9.17) is 0 Å². The van der Waals surface area contributed by atoms with Gasteiger partial charge in [-0.15, -0.1) is 0 Å². The summed E-state index contributed by atoms with van der Waals surface area (Å²) in [7, 11) is 0. The smallest absolute Gasteiger partial charge is 0.251 e. The van der Waals surface area contributed by atoms with E-state index in [-0.39, 0.29) is 5.91 Å². The number of hydrogen-bond donors (Lipinski definition) is 1. The molecule has 1 aromatic carbocycles. The Labute approximate surface area is 111 Å². The maximum atomic E-state index is 11.9. The zero-order valence-corrected chi connectivity index (χ0v) is 11.8. The van der Waals surface area contributed by atoms with E-state index < -0.39 is 0 Å². The van der Waals surface area contributed by atoms with Crippen LogP contribution in [0.15, 0.2) is 24.3 Å². The summed E-state index contributed by atoms with van der Waals surface area (Å²) in [5.74, 6) is 0.657. The molecule has 1 amide bonds. The molecule has 1 atom stereocenters. The number of carbonyl (C=O) groups is 1. The number of amides is 1. The van der Waals surface area contributed by atoms with Crippen LogP contribution in [0, 0.1) is 12.8 Å². The fourth-order valence-electron chi connectivity index (χ4n) is 1.99. The lowest BCUT2D eigenvalue weighted by Crippen LogP contribution is -2.29. The Bertz CT molecular complexity index is 356. The normalized spacial score (nSPS) is 12.2. The average Bonchev–Trinajstić information content (AvgIpc) is 2.39. The van der Waals surface area contributed by atoms with E-state index in [0.29, 0.717) is 5.92 Å². The topological polar surface area (TPSA) is 29.1 Å². The number of unbranched alkanes of at least 4 members (excludes halogenated alkanes) is 1. The standard InChI is InChI=1S/C16H25NO/c1-4-6-7-14(5-2)12-17-16(18)15-10-8-13(3)9-11-15/h8-11,14H,4-7,12H2,1-3H3,(H,17,18)/t14-/m0/s1. The minimum Gasteiger partial charge on any atom is -0.352 e. The first kappa shape index (κ1) is 14.7. The van der Waals surface area contributed by atoms with Gasteiger partial charge in [0.05, 0.1) is 0 Å². The van der Waals surface area contributed by atoms with Crippen LogP contribution in [0.25, 0.3) is 0 Å². The minimum absolute atomic E-state index is 0.0462. The summed E-state index contributed by atoms with van der Waals surface area (Å²) < 4.78 is 0. The van der Waals surface area contributed by atoms with Crippen LogP contribution in [0.2, 0.25) is 0 Å². The van der Waals surface area contributed by atoms with E-state index in [2.05, 4.69) is 19.2 Å². The van der Waals surface area contributed by atoms with Gasteiger partial charge in [0, 0.05) is 12.1 Å². The number of rotatable bonds is 7. The summed E-state index contributed by atoms with van der Waals surface area (Å²) in [4.78, 5) is 11.9. The highest BCUT2D eigenvalue weighted by Gasteiger charge is 2.09. The summed E-state index contributed by atoms with van der Waals surface area (Å²) in [5.41, 5.74) is 1.94. The Morgan fingerprint density at radius 3 is 2.44 bits per heavy atom. The molecule has 2 nitrogen and oxygen atoms in total. The summed E-state index contributed by atoms with van der Waals surface area (Å²) in [6.45, 7) is 7.22. The SMILES string of the molecule is CCCC[C@H](CC)CNC(=O)c1ccc(C)cc1. The van der Waals surface area contributed by atoms with E-state index in [0.717, 1.165) is 18.5 Å². The number of carbonyl (C=O) groups excluding carboxylic acids is 1. The van der Waals surface area contributed by atoms with E-state index in [9.17, 15) is 4.79 Å². The third-order valence-electron chi connectivity index (χ3n) is 3.41. The molecule has 0 radical (unpaired) electrons. The van der Waals surface area contributed by atoms with Crippen molar-refractivity contribution in [3.63, 3.8) is 0 Å². The van der Waals surface area contributed by atoms with Gasteiger partial charge in [0.2, 0.25) is 0 Å². The van der Waals surface area contributed by atoms with Crippen molar-refractivity contribution < 1.29 is 4.79 Å². The maximum absolute atomic E-state index is 11.9. The Balaban J connectivity index is 2.42. The molecule has 0 saturated carbocycles. The zero-order chi connectivity index (χ0) is 13.4. The van der Waals surface area contributed by atoms with E-state index in [1.165, 1.54) is 24.8 Å². The van der Waals surface area contributed by atoms with Crippen LogP contribution in [-0.4, -0.2) is 12.5 Å². The van der Waals surface area contributed by atoms with Crippen molar-refractivity contribution in [1.29, 1.82) is 0 Å². The van der Waals surface area contributed by atoms with Crippen molar-refractivity contribution in [2.75, 3.05) is 6.54 Å². The molecule has 0 heterocycles. The first-order valence-electron chi connectivity index (χ1n) is 7.02. The summed E-state index contributed by atoms with van der Waals surface area (Å²) in [6, 6.07) is 7.72. The molecule has 1 rings (SSSR count). The molecule has 0 bridgehead atoms. The molecule has 0 aliphatic heterocycles. The van der Waals surface area contributed by atoms with Gasteiger partial charge in [-0.1, -0.05) is 50.8 Å². The summed E-state index contributed by atoms with van der Waals surface area (Å²) in [5, 5.41) is 3.04. The predicted molar refractivity (Wildman–Crippen MR) is 76.8 cm³/mol. The van der Waals surface area contributed by atoms with Crippen LogP contribution in [-0.2, 0) is 0 Å². The Hall–Kier alpha value is -1.31. The van der Waals surface area contributed by atoms with Gasteiger partial charge in [-0.3, -0.25) is 4.79 Å². The number of nitrogens with one attached hydrogen (secondary N) is 1. The quantitative estimate of drug-likeness (QED) is 0.777. The highest BCUT2D eigenvalue weighted by Crippen LogP contribution is 2.11. The second-order valence-corrected chi connectivity index (χ2v) is 4.99. The van der Waals surface area contributed by atoms with Gasteiger partial charge in [-0.25, -0.2) is 0 Å². The Kier molecular flexibility index (Phi) is 6.48. The second kappa shape index (κ2) is 7.91. The van der Waals surface area contributed by atoms with Crippen LogP contribution in [0.4, 0.5) is 0 Å². The zero-order valence-electron chi connectivity index (χ0n) is 11.8. The molecule has 0 unspecified atom stereocenters. The lowest BCUT2D eigenvalue weighted by molar-refractivity contribution is 0.0946. The van der Waals surface area contributed by atoms with E-state index in [1.807, 2.05) is 31.2 Å². The van der Waals surface area contributed by atoms with Gasteiger partial charge in [0.15, 0.2) is 0 Å². The Morgan fingerprint density at radius 2 is 1.89 bits per heavy atom. The first-order chi connectivity index (χ1) is 8.67. The molecule has 0 spiro atoms. The molecule has 0 aliphatic rings. The van der Waals surface area contributed by atoms with Crippen LogP contribution >= 0.6 is 0 Å². The number of hydrogen-bond acceptors (Lipinski definition) is 1. The predicted octanol–water partition coefficient (Wildman–Crippen LogP) is 3.94. The highest BCUT2D eigenvalue weighted by atomic mass is 16.1. The van der Waals surface area contributed by atoms with Crippen LogP contribution in [0.5, 0.6) is 0 Å². The van der Waals surface area contributed by atoms with Crippen molar-refractivity contribution in [3.8, 4) is 0 Å². The number of benzene rings is 1. The third kappa shape index (κ3) is 4.91. The molecule has 0 aliphatic carbocycles. The van der Waals surface area contributed by atoms with Gasteiger partial charge in [0.25, 0.3) is 5.91 Å². The fourth-order valence-corrected chi connectivity index (χ4v) is 1.99. The molecule has 0 aromatic heterocycles. The van der Waals surface area contributed by atoms with Gasteiger partial charge in [0.1, 0.15) is 0 Å². The van der Waals surface area contributed by atoms with Crippen molar-refractivity contribution >= 4 is 5.91 Å². The van der Waals surface area contributed by atoms with Gasteiger partial charge in [-0.2, -0.15) is 0 Å². The van der Waals surface area contributed by atoms with Crippen molar-refractivity contribution in [1.82, 2.24) is 5.32 Å². The summed E-state index contributed by atoms with van der Waals surface area (Å²) >= 11 is 0. The summed E-state index contributed by atoms with van der Waals surface area (Å²) in [6.07, 6.45) is 4.82. The van der Waals surface area contributed by atoms with Crippen LogP contribution in [0.1, 0.15) is 55.5 Å². The number of aryl methyl sites for hydroxylation is 1. The fraction of sp³-hybridized carbons (Fsp3) is 0.562.